The van der Waals surface area contributed by atoms with E-state index in [4.69, 9.17) is 0 Å². The van der Waals surface area contributed by atoms with Gasteiger partial charge in [-0.1, -0.05) is 0 Å². The van der Waals surface area contributed by atoms with Gasteiger partial charge in [-0.15, -0.1) is 0 Å². The Labute approximate surface area is 336 Å². The Morgan fingerprint density at radius 2 is 1.29 bits per heavy atom. The summed E-state index contributed by atoms with van der Waals surface area (Å²) >= 11 is -2.65. The van der Waals surface area contributed by atoms with Gasteiger partial charge in [-0.05, 0) is 0 Å². The normalized spacial score (nSPS) is 19.6. The van der Waals surface area contributed by atoms with Crippen LogP contribution in [0.1, 0.15) is 142 Å². The monoisotopic (exact) mass is 808 g/mol. The molecule has 4 aliphatic carbocycles. The Hall–Kier alpha value is -2.05. The molecule has 3 aromatic rings. The number of hydrogen-bond donors (Lipinski definition) is 0. The molecule has 1 atom stereocenters. The van der Waals surface area contributed by atoms with E-state index in [1.807, 2.05) is 0 Å². The van der Waals surface area contributed by atoms with Gasteiger partial charge < -0.3 is 24.8 Å². The van der Waals surface area contributed by atoms with Gasteiger partial charge in [0.25, 0.3) is 0 Å². The van der Waals surface area contributed by atoms with Gasteiger partial charge in [0.2, 0.25) is 0 Å². The minimum atomic E-state index is -2.65. The van der Waals surface area contributed by atoms with Crippen LogP contribution in [0.2, 0.25) is 0 Å². The molecule has 7 rings (SSSR count). The molecule has 0 saturated heterocycles. The second kappa shape index (κ2) is 13.6. The quantitative estimate of drug-likeness (QED) is 0.202. The van der Waals surface area contributed by atoms with Crippen LogP contribution in [0.3, 0.4) is 0 Å². The molecule has 1 unspecified atom stereocenters. The maximum absolute atomic E-state index is 2.79. The predicted molar refractivity (Wildman–Crippen MR) is 216 cm³/mol. The largest absolute Gasteiger partial charge is 1.00 e. The molecular formula is C49H60Cl2Zr. The Morgan fingerprint density at radius 1 is 0.712 bits per heavy atom. The average molecular weight is 811 g/mol. The van der Waals surface area contributed by atoms with Crippen molar-refractivity contribution >= 4 is 14.9 Å². The van der Waals surface area contributed by atoms with Gasteiger partial charge in [-0.2, -0.15) is 0 Å². The van der Waals surface area contributed by atoms with Gasteiger partial charge >= 0.3 is 314 Å². The maximum atomic E-state index is 2.79. The number of hydrogen-bond acceptors (Lipinski definition) is 0. The second-order valence-electron chi connectivity index (χ2n) is 19.9. The van der Waals surface area contributed by atoms with Crippen molar-refractivity contribution < 1.29 is 46.1 Å². The molecule has 0 saturated carbocycles. The Kier molecular flexibility index (Phi) is 10.8. The first kappa shape index (κ1) is 41.1. The summed E-state index contributed by atoms with van der Waals surface area (Å²) in [6.07, 6.45) is 10.1. The van der Waals surface area contributed by atoms with Crippen molar-refractivity contribution in [1.82, 2.24) is 0 Å². The van der Waals surface area contributed by atoms with Gasteiger partial charge in [-0.25, -0.2) is 0 Å². The molecule has 52 heavy (non-hydrogen) atoms. The Morgan fingerprint density at radius 3 is 1.83 bits per heavy atom. The van der Waals surface area contributed by atoms with Gasteiger partial charge in [0.1, 0.15) is 0 Å². The van der Waals surface area contributed by atoms with Crippen LogP contribution >= 0.6 is 0 Å². The van der Waals surface area contributed by atoms with Crippen LogP contribution in [-0.4, -0.2) is 3.71 Å². The molecule has 0 amide bonds. The third-order valence-electron chi connectivity index (χ3n) is 12.1. The first-order valence-corrected chi connectivity index (χ1v) is 23.1. The van der Waals surface area contributed by atoms with Crippen molar-refractivity contribution in [2.24, 2.45) is 22.2 Å². The van der Waals surface area contributed by atoms with Gasteiger partial charge in [-0.3, -0.25) is 0 Å². The molecule has 0 aliphatic heterocycles. The molecule has 0 N–H and O–H groups in total. The fourth-order valence-electron chi connectivity index (χ4n) is 9.46. The van der Waals surface area contributed by atoms with E-state index in [1.165, 1.54) is 62.1 Å². The van der Waals surface area contributed by atoms with E-state index in [9.17, 15) is 0 Å². The van der Waals surface area contributed by atoms with Crippen molar-refractivity contribution in [2.75, 3.05) is 0 Å². The van der Waals surface area contributed by atoms with Crippen molar-refractivity contribution in [3.05, 3.63) is 124 Å². The van der Waals surface area contributed by atoms with Crippen LogP contribution in [-0.2, 0) is 38.5 Å². The molecule has 4 aliphatic rings. The van der Waals surface area contributed by atoms with Gasteiger partial charge in [0.15, 0.2) is 0 Å². The van der Waals surface area contributed by atoms with E-state index >= 15 is 0 Å². The van der Waals surface area contributed by atoms with E-state index in [0.29, 0.717) is 5.92 Å². The van der Waals surface area contributed by atoms with Crippen molar-refractivity contribution in [3.63, 3.8) is 0 Å². The SMILES string of the molecule is CCC1C=C(C(C)(C)C)C=[C]1[Zr+2](=[CH]c1ccccc1)[C]1=C(C(C)(C)C)c2cc3c(cc2C1(C)C)Cc1cc2c(cc1-3)C(C(C)(C)C)=CC2(C)C.[Cl-].[Cl-]. The van der Waals surface area contributed by atoms with Crippen LogP contribution in [0, 0.1) is 22.2 Å². The second-order valence-corrected chi connectivity index (χ2v) is 25.3. The topological polar surface area (TPSA) is 0 Å². The molecule has 0 spiro atoms. The number of allylic oxidation sites excluding steroid dienone is 8. The molecule has 274 valence electrons. The fraction of sp³-hybridized carbons (Fsp3) is 0.449. The summed E-state index contributed by atoms with van der Waals surface area (Å²) in [6.45, 7) is 34.1. The minimum Gasteiger partial charge on any atom is -1.00 e. The van der Waals surface area contributed by atoms with E-state index in [0.717, 1.165) is 6.42 Å². The third kappa shape index (κ3) is 6.77. The van der Waals surface area contributed by atoms with Crippen LogP contribution in [0.4, 0.5) is 0 Å². The Bertz CT molecular complexity index is 2090. The van der Waals surface area contributed by atoms with E-state index in [1.54, 1.807) is 17.7 Å². The smallest absolute Gasteiger partial charge is 1.00 e. The number of benzene rings is 3. The standard InChI is InChI=1S/C31H37.C11H17.C7H6.2ClH.Zr/c1-28(2,3)26-16-30(7,8)24-12-18-11-19-13-25-23(15-21(19)20(18)14-22(24)26)27(29(4,5)6)17-31(25,9)10;1-5-9-6-7-10(8-9)11(2,3)4;1-7-5-3-2-4-6-7;;;/h12-16H,11H2,1-10H3;7-9H,5H2,1-4H3;1-6H;2*1H;/q;;;;;+2/p-2. The summed E-state index contributed by atoms with van der Waals surface area (Å²) in [7, 11) is 0. The summed E-state index contributed by atoms with van der Waals surface area (Å²) in [5, 5.41) is 0. The molecule has 0 heterocycles. The molecule has 0 nitrogen and oxygen atoms in total. The summed E-state index contributed by atoms with van der Waals surface area (Å²) in [5.41, 5.74) is 18.4. The number of halogens is 2. The number of fused-ring (bicyclic) bond motifs is 5. The fourth-order valence-corrected chi connectivity index (χ4v) is 18.6. The summed E-state index contributed by atoms with van der Waals surface area (Å²) < 4.78 is 6.34. The molecule has 0 fully saturated rings. The summed E-state index contributed by atoms with van der Waals surface area (Å²) in [5.74, 6) is 0.528. The van der Waals surface area contributed by atoms with Crippen LogP contribution < -0.4 is 24.8 Å². The first-order chi connectivity index (χ1) is 23.1. The predicted octanol–water partition coefficient (Wildman–Crippen LogP) is 7.40. The van der Waals surface area contributed by atoms with E-state index in [-0.39, 0.29) is 51.9 Å². The molecule has 0 bridgehead atoms. The average Bonchev–Trinajstić information content (AvgIpc) is 3.73. The molecular weight excluding hydrogens is 751 g/mol. The molecule has 3 aromatic carbocycles. The van der Waals surface area contributed by atoms with Crippen LogP contribution in [0.15, 0.2) is 85.0 Å². The van der Waals surface area contributed by atoms with Gasteiger partial charge in [0, 0.05) is 0 Å². The van der Waals surface area contributed by atoms with Crippen molar-refractivity contribution in [3.8, 4) is 11.1 Å². The maximum Gasteiger partial charge on any atom is -1.00 e. The van der Waals surface area contributed by atoms with Gasteiger partial charge in [0.05, 0.1) is 0 Å². The summed E-state index contributed by atoms with van der Waals surface area (Å²) in [4.78, 5) is 0. The number of rotatable bonds is 4. The first-order valence-electron chi connectivity index (χ1n) is 19.2. The molecule has 0 aromatic heterocycles. The Balaban J connectivity index is 0.00000261. The zero-order valence-corrected chi connectivity index (χ0v) is 38.2. The zero-order valence-electron chi connectivity index (χ0n) is 34.3. The molecule has 0 radical (unpaired) electrons. The van der Waals surface area contributed by atoms with Crippen LogP contribution in [0.25, 0.3) is 22.3 Å². The van der Waals surface area contributed by atoms with Crippen LogP contribution in [0.5, 0.6) is 0 Å². The van der Waals surface area contributed by atoms with Crippen molar-refractivity contribution in [2.45, 2.75) is 121 Å². The van der Waals surface area contributed by atoms with E-state index < -0.39 is 21.3 Å². The minimum absolute atomic E-state index is 0. The zero-order chi connectivity index (χ0) is 36.3. The summed E-state index contributed by atoms with van der Waals surface area (Å²) in [6, 6.07) is 21.7. The van der Waals surface area contributed by atoms with E-state index in [2.05, 4.69) is 173 Å². The third-order valence-corrected chi connectivity index (χ3v) is 19.9. The molecule has 3 heteroatoms. The van der Waals surface area contributed by atoms with Crippen molar-refractivity contribution in [1.29, 1.82) is 0 Å².